The molecule has 5 heteroatoms. The van der Waals surface area contributed by atoms with Crippen molar-refractivity contribution in [3.05, 3.63) is 63.0 Å². The predicted octanol–water partition coefficient (Wildman–Crippen LogP) is 3.10. The summed E-state index contributed by atoms with van der Waals surface area (Å²) in [7, 11) is 0. The van der Waals surface area contributed by atoms with Crippen molar-refractivity contribution in [1.29, 1.82) is 0 Å². The van der Waals surface area contributed by atoms with E-state index >= 15 is 0 Å². The lowest BCUT2D eigenvalue weighted by atomic mass is 10.0. The number of thiophene rings is 1. The van der Waals surface area contributed by atoms with Crippen LogP contribution in [0.2, 0.25) is 0 Å². The van der Waals surface area contributed by atoms with E-state index in [1.165, 1.54) is 10.4 Å². The zero-order valence-electron chi connectivity index (χ0n) is 13.1. The molecule has 0 spiro atoms. The highest BCUT2D eigenvalue weighted by Crippen LogP contribution is 2.30. The summed E-state index contributed by atoms with van der Waals surface area (Å²) in [5.74, 6) is 0. The summed E-state index contributed by atoms with van der Waals surface area (Å²) in [5.41, 5.74) is 2.47. The van der Waals surface area contributed by atoms with E-state index in [9.17, 15) is 4.79 Å². The van der Waals surface area contributed by atoms with Gasteiger partial charge in [-0.15, -0.1) is 11.3 Å². The average molecular weight is 325 g/mol. The van der Waals surface area contributed by atoms with E-state index in [4.69, 9.17) is 0 Å². The average Bonchev–Trinajstić information content (AvgIpc) is 2.98. The Bertz CT molecular complexity index is 898. The third-order valence-electron chi connectivity index (χ3n) is 4.56. The molecule has 0 amide bonds. The molecule has 0 unspecified atom stereocenters. The molecule has 3 aromatic rings. The molecule has 0 bridgehead atoms. The summed E-state index contributed by atoms with van der Waals surface area (Å²) >= 11 is 1.65. The molecule has 3 heterocycles. The molecule has 1 aliphatic rings. The maximum atomic E-state index is 13.1. The predicted molar refractivity (Wildman–Crippen MR) is 94.2 cm³/mol. The van der Waals surface area contributed by atoms with Gasteiger partial charge >= 0.3 is 0 Å². The zero-order valence-corrected chi connectivity index (χ0v) is 13.9. The van der Waals surface area contributed by atoms with Gasteiger partial charge in [-0.25, -0.2) is 4.98 Å². The van der Waals surface area contributed by atoms with Gasteiger partial charge in [0.2, 0.25) is 0 Å². The summed E-state index contributed by atoms with van der Waals surface area (Å²) in [6.45, 7) is 3.90. The molecule has 23 heavy (non-hydrogen) atoms. The second-order valence-corrected chi connectivity index (χ2v) is 6.99. The lowest BCUT2D eigenvalue weighted by molar-refractivity contribution is 0.544. The first-order valence-corrected chi connectivity index (χ1v) is 8.88. The van der Waals surface area contributed by atoms with Gasteiger partial charge in [-0.05, 0) is 30.5 Å². The van der Waals surface area contributed by atoms with Crippen molar-refractivity contribution in [2.24, 2.45) is 0 Å². The number of nitrogens with zero attached hydrogens (tertiary/aromatic N) is 2. The van der Waals surface area contributed by atoms with Crippen molar-refractivity contribution in [3.63, 3.8) is 0 Å². The number of hydrogen-bond acceptors (Lipinski definition) is 4. The van der Waals surface area contributed by atoms with Crippen molar-refractivity contribution in [2.45, 2.75) is 32.4 Å². The van der Waals surface area contributed by atoms with E-state index in [-0.39, 0.29) is 11.6 Å². The molecule has 1 atom stereocenters. The van der Waals surface area contributed by atoms with E-state index < -0.39 is 0 Å². The van der Waals surface area contributed by atoms with E-state index in [1.54, 1.807) is 17.7 Å². The molecule has 1 aliphatic heterocycles. The topological polar surface area (TPSA) is 46.9 Å². The van der Waals surface area contributed by atoms with Gasteiger partial charge in [-0.2, -0.15) is 0 Å². The summed E-state index contributed by atoms with van der Waals surface area (Å²) in [6, 6.07) is 10.2. The number of fused-ring (bicyclic) bond motifs is 3. The van der Waals surface area contributed by atoms with Crippen LogP contribution in [-0.2, 0) is 13.0 Å². The Morgan fingerprint density at radius 3 is 2.96 bits per heavy atom. The lowest BCUT2D eigenvalue weighted by Gasteiger charge is -2.18. The third kappa shape index (κ3) is 2.40. The number of hydrogen-bond donors (Lipinski definition) is 1. The Balaban J connectivity index is 1.91. The number of nitrogens with one attached hydrogen (secondary N) is 1. The largest absolute Gasteiger partial charge is 0.312 e. The normalized spacial score (nSPS) is 15.5. The van der Waals surface area contributed by atoms with Gasteiger partial charge in [0.15, 0.2) is 0 Å². The van der Waals surface area contributed by atoms with Crippen LogP contribution >= 0.6 is 11.3 Å². The van der Waals surface area contributed by atoms with Crippen molar-refractivity contribution in [1.82, 2.24) is 14.9 Å². The van der Waals surface area contributed by atoms with Crippen LogP contribution < -0.4 is 10.9 Å². The maximum Gasteiger partial charge on any atom is 0.262 e. The highest BCUT2D eigenvalue weighted by Gasteiger charge is 2.22. The lowest BCUT2D eigenvalue weighted by Crippen LogP contribution is -2.27. The first-order valence-electron chi connectivity index (χ1n) is 8.06. The van der Waals surface area contributed by atoms with Gasteiger partial charge in [0.05, 0.1) is 17.8 Å². The van der Waals surface area contributed by atoms with Gasteiger partial charge in [0, 0.05) is 11.4 Å². The second-order valence-electron chi connectivity index (χ2n) is 5.90. The first-order chi connectivity index (χ1) is 11.3. The van der Waals surface area contributed by atoms with E-state index in [1.807, 2.05) is 22.8 Å². The summed E-state index contributed by atoms with van der Waals surface area (Å²) in [6.07, 6.45) is 3.50. The number of rotatable bonds is 3. The molecular formula is C18H19N3OS. The zero-order chi connectivity index (χ0) is 15.8. The van der Waals surface area contributed by atoms with Crippen molar-refractivity contribution in [3.8, 4) is 0 Å². The fraction of sp³-hybridized carbons (Fsp3) is 0.333. The minimum absolute atomic E-state index is 0.0397. The smallest absolute Gasteiger partial charge is 0.262 e. The van der Waals surface area contributed by atoms with Crippen LogP contribution in [0.15, 0.2) is 41.5 Å². The number of benzene rings is 1. The Morgan fingerprint density at radius 2 is 2.17 bits per heavy atom. The van der Waals surface area contributed by atoms with Crippen LogP contribution in [0.1, 0.15) is 35.4 Å². The fourth-order valence-electron chi connectivity index (χ4n) is 3.42. The highest BCUT2D eigenvalue weighted by molar-refractivity contribution is 7.18. The molecule has 0 fully saturated rings. The Labute approximate surface area is 138 Å². The molecule has 0 aliphatic carbocycles. The Hall–Kier alpha value is -1.98. The molecule has 0 saturated carbocycles. The first kappa shape index (κ1) is 14.6. The summed E-state index contributed by atoms with van der Waals surface area (Å²) in [4.78, 5) is 19.9. The Morgan fingerprint density at radius 1 is 1.35 bits per heavy atom. The van der Waals surface area contributed by atoms with Gasteiger partial charge in [-0.1, -0.05) is 37.3 Å². The molecule has 4 rings (SSSR count). The van der Waals surface area contributed by atoms with Crippen LogP contribution in [0.25, 0.3) is 10.2 Å². The third-order valence-corrected chi connectivity index (χ3v) is 5.70. The van der Waals surface area contributed by atoms with Crippen molar-refractivity contribution in [2.75, 3.05) is 6.54 Å². The molecule has 118 valence electrons. The van der Waals surface area contributed by atoms with Crippen LogP contribution in [0.3, 0.4) is 0 Å². The Kier molecular flexibility index (Phi) is 3.75. The van der Waals surface area contributed by atoms with E-state index in [2.05, 4.69) is 29.4 Å². The molecular weight excluding hydrogens is 306 g/mol. The molecule has 2 aromatic heterocycles. The minimum Gasteiger partial charge on any atom is -0.312 e. The summed E-state index contributed by atoms with van der Waals surface area (Å²) in [5, 5.41) is 4.21. The maximum absolute atomic E-state index is 13.1. The van der Waals surface area contributed by atoms with Crippen LogP contribution in [0.4, 0.5) is 0 Å². The van der Waals surface area contributed by atoms with Crippen LogP contribution in [0, 0.1) is 0 Å². The van der Waals surface area contributed by atoms with Gasteiger partial charge in [0.1, 0.15) is 4.83 Å². The molecule has 1 aromatic carbocycles. The van der Waals surface area contributed by atoms with Crippen molar-refractivity contribution >= 4 is 21.6 Å². The molecule has 1 N–H and O–H groups in total. The monoisotopic (exact) mass is 325 g/mol. The highest BCUT2D eigenvalue weighted by atomic mass is 32.1. The van der Waals surface area contributed by atoms with Crippen molar-refractivity contribution < 1.29 is 0 Å². The second kappa shape index (κ2) is 5.91. The van der Waals surface area contributed by atoms with E-state index in [0.29, 0.717) is 0 Å². The van der Waals surface area contributed by atoms with Gasteiger partial charge < -0.3 is 5.32 Å². The van der Waals surface area contributed by atoms with Gasteiger partial charge in [0.25, 0.3) is 5.56 Å². The van der Waals surface area contributed by atoms with Gasteiger partial charge in [-0.3, -0.25) is 9.36 Å². The SMILES string of the molecule is CC[C@H](c1ccccc1)n1cnc2sc3c(c2c1=O)CCNC3. The summed E-state index contributed by atoms with van der Waals surface area (Å²) < 4.78 is 1.81. The molecule has 0 radical (unpaired) electrons. The van der Waals surface area contributed by atoms with E-state index in [0.717, 1.165) is 41.7 Å². The fourth-order valence-corrected chi connectivity index (χ4v) is 4.57. The molecule has 0 saturated heterocycles. The van der Waals surface area contributed by atoms with Crippen LogP contribution in [-0.4, -0.2) is 16.1 Å². The molecule has 4 nitrogen and oxygen atoms in total. The van der Waals surface area contributed by atoms with Crippen LogP contribution in [0.5, 0.6) is 0 Å². The minimum atomic E-state index is 0.0397. The standard InChI is InChI=1S/C18H19N3OS/c1-2-14(12-6-4-3-5-7-12)21-11-20-17-16(18(21)22)13-8-9-19-10-15(13)23-17/h3-7,11,14,19H,2,8-10H2,1H3/t14-/m1/s1. The number of aromatic nitrogens is 2. The quantitative estimate of drug-likeness (QED) is 0.805.